The highest BCUT2D eigenvalue weighted by atomic mass is 32.2. The Kier molecular flexibility index (Phi) is 6.23. The Morgan fingerprint density at radius 2 is 1.94 bits per heavy atom. The number of sulfonamides is 1. The topological polar surface area (TPSA) is 129 Å². The maximum absolute atomic E-state index is 13.6. The van der Waals surface area contributed by atoms with E-state index in [1.807, 2.05) is 0 Å². The molecule has 3 N–H and O–H groups in total. The van der Waals surface area contributed by atoms with Gasteiger partial charge in [-0.15, -0.1) is 0 Å². The molecule has 1 amide bonds. The number of hydrogen-bond donors (Lipinski definition) is 3. The number of pyridine rings is 1. The molecule has 0 bridgehead atoms. The van der Waals surface area contributed by atoms with Crippen LogP contribution < -0.4 is 20.3 Å². The fourth-order valence-electron chi connectivity index (χ4n) is 3.46. The minimum atomic E-state index is -4.75. The van der Waals surface area contributed by atoms with Crippen molar-refractivity contribution in [1.82, 2.24) is 15.0 Å². The third-order valence-corrected chi connectivity index (χ3v) is 6.42. The average molecular weight is 507 g/mol. The molecule has 10 nitrogen and oxygen atoms in total. The molecule has 3 aromatic rings. The van der Waals surface area contributed by atoms with Gasteiger partial charge in [0.25, 0.3) is 0 Å². The van der Waals surface area contributed by atoms with Crippen LogP contribution in [0.1, 0.15) is 16.8 Å². The second-order valence-electron chi connectivity index (χ2n) is 7.70. The number of nitrogens with zero attached hydrogens (tertiary/aromatic N) is 4. The highest BCUT2D eigenvalue weighted by Crippen LogP contribution is 2.36. The van der Waals surface area contributed by atoms with Crippen LogP contribution in [0.4, 0.5) is 42.0 Å². The van der Waals surface area contributed by atoms with E-state index in [0.29, 0.717) is 17.6 Å². The molecule has 0 atom stereocenters. The van der Waals surface area contributed by atoms with E-state index in [9.17, 15) is 26.4 Å². The molecule has 0 radical (unpaired) electrons. The van der Waals surface area contributed by atoms with Gasteiger partial charge in [-0.05, 0) is 23.8 Å². The first-order valence-corrected chi connectivity index (χ1v) is 12.0. The third kappa shape index (κ3) is 5.26. The lowest BCUT2D eigenvalue weighted by Crippen LogP contribution is -2.26. The number of alkyl halides is 3. The second-order valence-corrected chi connectivity index (χ2v) is 9.71. The molecule has 0 aliphatic carbocycles. The Balaban J connectivity index is 1.64. The molecule has 0 saturated heterocycles. The zero-order chi connectivity index (χ0) is 25.4. The van der Waals surface area contributed by atoms with Crippen LogP contribution in [0.2, 0.25) is 0 Å². The van der Waals surface area contributed by atoms with E-state index in [2.05, 4.69) is 30.9 Å². The molecule has 14 heteroatoms. The van der Waals surface area contributed by atoms with Crippen LogP contribution in [0.5, 0.6) is 0 Å². The van der Waals surface area contributed by atoms with E-state index in [0.717, 1.165) is 16.1 Å². The first-order valence-electron chi connectivity index (χ1n) is 10.2. The van der Waals surface area contributed by atoms with Crippen LogP contribution in [0, 0.1) is 0 Å². The van der Waals surface area contributed by atoms with Gasteiger partial charge >= 0.3 is 6.18 Å². The van der Waals surface area contributed by atoms with Gasteiger partial charge in [-0.2, -0.15) is 18.2 Å². The van der Waals surface area contributed by atoms with Crippen molar-refractivity contribution in [2.45, 2.75) is 19.1 Å². The van der Waals surface area contributed by atoms with Crippen molar-refractivity contribution in [2.75, 3.05) is 33.6 Å². The molecular formula is C21H20F3N7O3S. The monoisotopic (exact) mass is 507 g/mol. The van der Waals surface area contributed by atoms with E-state index in [4.69, 9.17) is 0 Å². The van der Waals surface area contributed by atoms with Gasteiger partial charge in [-0.1, -0.05) is 12.1 Å². The molecule has 1 aromatic carbocycles. The summed E-state index contributed by atoms with van der Waals surface area (Å²) in [5.41, 5.74) is 0.981. The zero-order valence-electron chi connectivity index (χ0n) is 18.5. The van der Waals surface area contributed by atoms with Crippen molar-refractivity contribution in [3.05, 3.63) is 59.5 Å². The molecule has 4 rings (SSSR count). The summed E-state index contributed by atoms with van der Waals surface area (Å²) in [6.07, 6.45) is -1.51. The smallest absolute Gasteiger partial charge is 0.364 e. The number of para-hydroxylation sites is 1. The van der Waals surface area contributed by atoms with Gasteiger partial charge in [0.2, 0.25) is 21.9 Å². The summed E-state index contributed by atoms with van der Waals surface area (Å²) < 4.78 is 65.7. The molecule has 1 aliphatic heterocycles. The molecule has 35 heavy (non-hydrogen) atoms. The van der Waals surface area contributed by atoms with Crippen molar-refractivity contribution in [3.63, 3.8) is 0 Å². The van der Waals surface area contributed by atoms with E-state index in [1.165, 1.54) is 25.4 Å². The molecule has 1 aliphatic rings. The SMILES string of the molecule is CN(c1cccnc1CNc1nc(Nc2cccc3c2NC(=O)C3)ncc1C(F)(F)F)S(C)(=O)=O. The molecular weight excluding hydrogens is 487 g/mol. The van der Waals surface area contributed by atoms with E-state index >= 15 is 0 Å². The number of carbonyl (C=O) groups is 1. The van der Waals surface area contributed by atoms with Crippen LogP contribution in [-0.2, 0) is 34.0 Å². The molecule has 0 spiro atoms. The second kappa shape index (κ2) is 9.02. The predicted octanol–water partition coefficient (Wildman–Crippen LogP) is 3.14. The highest BCUT2D eigenvalue weighted by molar-refractivity contribution is 7.92. The Hall–Kier alpha value is -3.94. The van der Waals surface area contributed by atoms with Gasteiger partial charge in [0.05, 0.1) is 42.0 Å². The van der Waals surface area contributed by atoms with Crippen molar-refractivity contribution < 1.29 is 26.4 Å². The fraction of sp³-hybridized carbons (Fsp3) is 0.238. The first-order chi connectivity index (χ1) is 16.4. The Morgan fingerprint density at radius 3 is 2.66 bits per heavy atom. The summed E-state index contributed by atoms with van der Waals surface area (Å²) in [6, 6.07) is 8.11. The van der Waals surface area contributed by atoms with Crippen molar-refractivity contribution in [3.8, 4) is 0 Å². The van der Waals surface area contributed by atoms with E-state index < -0.39 is 27.6 Å². The molecule has 184 valence electrons. The number of hydrogen-bond acceptors (Lipinski definition) is 8. The number of nitrogens with one attached hydrogen (secondary N) is 3. The van der Waals surface area contributed by atoms with Gasteiger partial charge in [-0.3, -0.25) is 14.1 Å². The van der Waals surface area contributed by atoms with Gasteiger partial charge in [0.15, 0.2) is 0 Å². The van der Waals surface area contributed by atoms with Gasteiger partial charge in [0.1, 0.15) is 11.4 Å². The summed E-state index contributed by atoms with van der Waals surface area (Å²) in [7, 11) is -2.30. The average Bonchev–Trinajstić information content (AvgIpc) is 3.17. The van der Waals surface area contributed by atoms with Crippen LogP contribution in [0.25, 0.3) is 0 Å². The van der Waals surface area contributed by atoms with Crippen LogP contribution in [-0.4, -0.2) is 42.6 Å². The van der Waals surface area contributed by atoms with Gasteiger partial charge < -0.3 is 16.0 Å². The lowest BCUT2D eigenvalue weighted by Gasteiger charge is -2.20. The lowest BCUT2D eigenvalue weighted by molar-refractivity contribution is -0.137. The normalized spacial score (nSPS) is 13.2. The molecule has 0 unspecified atom stereocenters. The summed E-state index contributed by atoms with van der Waals surface area (Å²) in [6.45, 7) is -0.244. The number of halogens is 3. The number of carbonyl (C=O) groups excluding carboxylic acids is 1. The summed E-state index contributed by atoms with van der Waals surface area (Å²) in [5, 5.41) is 8.15. The van der Waals surface area contributed by atoms with E-state index in [-0.39, 0.29) is 36.2 Å². The third-order valence-electron chi connectivity index (χ3n) is 5.23. The fourth-order valence-corrected chi connectivity index (χ4v) is 3.98. The van der Waals surface area contributed by atoms with Crippen molar-refractivity contribution in [2.24, 2.45) is 0 Å². The van der Waals surface area contributed by atoms with Crippen molar-refractivity contribution in [1.29, 1.82) is 0 Å². The molecule has 0 saturated carbocycles. The Morgan fingerprint density at radius 1 is 1.17 bits per heavy atom. The number of amides is 1. The maximum atomic E-state index is 13.6. The zero-order valence-corrected chi connectivity index (χ0v) is 19.3. The van der Waals surface area contributed by atoms with Crippen LogP contribution in [0.15, 0.2) is 42.7 Å². The lowest BCUT2D eigenvalue weighted by atomic mass is 10.1. The van der Waals surface area contributed by atoms with Crippen LogP contribution >= 0.6 is 0 Å². The maximum Gasteiger partial charge on any atom is 0.421 e. The number of rotatable bonds is 7. The number of fused-ring (bicyclic) bond motifs is 1. The van der Waals surface area contributed by atoms with Gasteiger partial charge in [-0.25, -0.2) is 13.4 Å². The quantitative estimate of drug-likeness (QED) is 0.445. The minimum Gasteiger partial charge on any atom is -0.364 e. The summed E-state index contributed by atoms with van der Waals surface area (Å²) in [4.78, 5) is 23.6. The molecule has 3 heterocycles. The molecule has 0 fully saturated rings. The van der Waals surface area contributed by atoms with Crippen molar-refractivity contribution >= 4 is 44.8 Å². The highest BCUT2D eigenvalue weighted by Gasteiger charge is 2.35. The van der Waals surface area contributed by atoms with Crippen LogP contribution in [0.3, 0.4) is 0 Å². The molecule has 2 aromatic heterocycles. The Bertz CT molecular complexity index is 1400. The largest absolute Gasteiger partial charge is 0.421 e. The standard InChI is InChI=1S/C21H20F3N7O3S/c1-31(35(2,33)34)16-7-4-8-25-15(16)11-26-19-13(21(22,23)24)10-27-20(30-19)28-14-6-3-5-12-9-17(32)29-18(12)14/h3-8,10H,9,11H2,1-2H3,(H,29,32)(H2,26,27,28,30). The first kappa shape index (κ1) is 24.2. The number of benzene rings is 1. The number of anilines is 5. The predicted molar refractivity (Wildman–Crippen MR) is 124 cm³/mol. The van der Waals surface area contributed by atoms with Gasteiger partial charge in [0, 0.05) is 19.4 Å². The Labute approximate surface area is 198 Å². The summed E-state index contributed by atoms with van der Waals surface area (Å²) >= 11 is 0. The summed E-state index contributed by atoms with van der Waals surface area (Å²) in [5.74, 6) is -0.857. The number of aromatic nitrogens is 3. The van der Waals surface area contributed by atoms with E-state index in [1.54, 1.807) is 18.2 Å². The minimum absolute atomic E-state index is 0.135.